The van der Waals surface area contributed by atoms with Crippen molar-refractivity contribution >= 4 is 17.9 Å². The lowest BCUT2D eigenvalue weighted by Gasteiger charge is -2.18. The van der Waals surface area contributed by atoms with E-state index in [1.807, 2.05) is 0 Å². The van der Waals surface area contributed by atoms with Gasteiger partial charge in [0, 0.05) is 19.3 Å². The molecule has 54 heavy (non-hydrogen) atoms. The van der Waals surface area contributed by atoms with Crippen molar-refractivity contribution in [1.82, 2.24) is 0 Å². The van der Waals surface area contributed by atoms with Gasteiger partial charge in [-0.2, -0.15) is 0 Å². The van der Waals surface area contributed by atoms with Crippen molar-refractivity contribution < 1.29 is 28.6 Å². The van der Waals surface area contributed by atoms with E-state index in [4.69, 9.17) is 14.2 Å². The van der Waals surface area contributed by atoms with Crippen LogP contribution in [0.1, 0.15) is 265 Å². The van der Waals surface area contributed by atoms with E-state index in [1.165, 1.54) is 161 Å². The van der Waals surface area contributed by atoms with Crippen LogP contribution in [0.15, 0.2) is 0 Å². The highest BCUT2D eigenvalue weighted by Crippen LogP contribution is 2.16. The molecule has 0 N–H and O–H groups in total. The number of carbonyl (C=O) groups is 3. The van der Waals surface area contributed by atoms with E-state index in [-0.39, 0.29) is 31.1 Å². The fourth-order valence-electron chi connectivity index (χ4n) is 7.16. The van der Waals surface area contributed by atoms with Gasteiger partial charge in [0.15, 0.2) is 6.10 Å². The number of carbonyl (C=O) groups excluding carboxylic acids is 3. The Labute approximate surface area is 336 Å². The molecule has 0 amide bonds. The maximum atomic E-state index is 12.7. The van der Waals surface area contributed by atoms with E-state index in [2.05, 4.69) is 27.7 Å². The molecular weight excluding hydrogens is 673 g/mol. The van der Waals surface area contributed by atoms with E-state index in [9.17, 15) is 14.4 Å². The quantitative estimate of drug-likeness (QED) is 0.0349. The first kappa shape index (κ1) is 52.4. The zero-order chi connectivity index (χ0) is 39.6. The maximum Gasteiger partial charge on any atom is 0.306 e. The highest BCUT2D eigenvalue weighted by molar-refractivity contribution is 5.71. The Morgan fingerprint density at radius 1 is 0.352 bits per heavy atom. The molecule has 1 atom stereocenters. The molecule has 6 heteroatoms. The molecule has 0 saturated heterocycles. The van der Waals surface area contributed by atoms with Crippen LogP contribution in [0.2, 0.25) is 0 Å². The van der Waals surface area contributed by atoms with E-state index >= 15 is 0 Å². The molecule has 0 bridgehead atoms. The summed E-state index contributed by atoms with van der Waals surface area (Å²) in [5.74, 6) is -0.0343. The minimum Gasteiger partial charge on any atom is -0.462 e. The second kappa shape index (κ2) is 42.6. The van der Waals surface area contributed by atoms with Crippen LogP contribution >= 0.6 is 0 Å². The van der Waals surface area contributed by atoms with Crippen LogP contribution < -0.4 is 0 Å². The zero-order valence-electron chi connectivity index (χ0n) is 36.7. The summed E-state index contributed by atoms with van der Waals surface area (Å²) in [4.78, 5) is 37.7. The molecule has 0 aromatic rings. The van der Waals surface area contributed by atoms with E-state index < -0.39 is 6.10 Å². The molecule has 0 aliphatic carbocycles. The molecule has 0 aromatic heterocycles. The molecule has 0 rings (SSSR count). The lowest BCUT2D eigenvalue weighted by Crippen LogP contribution is -2.30. The summed E-state index contributed by atoms with van der Waals surface area (Å²) in [5, 5.41) is 0. The predicted octanol–water partition coefficient (Wildman–Crippen LogP) is 15.1. The SMILES string of the molecule is CCCCCCCCCCCCCCCCC(=O)O[C@H](COC(=O)CCCCCCCCCCC)COC(=O)CCCCCCCCCCCCC(C)C. The minimum absolute atomic E-state index is 0.0637. The number of ether oxygens (including phenoxy) is 3. The van der Waals surface area contributed by atoms with E-state index in [1.54, 1.807) is 0 Å². The first-order valence-corrected chi connectivity index (χ1v) is 23.9. The van der Waals surface area contributed by atoms with Gasteiger partial charge >= 0.3 is 17.9 Å². The Balaban J connectivity index is 4.30. The summed E-state index contributed by atoms with van der Waals surface area (Å²) in [6, 6.07) is 0. The zero-order valence-corrected chi connectivity index (χ0v) is 36.7. The van der Waals surface area contributed by atoms with Gasteiger partial charge in [-0.1, -0.05) is 227 Å². The molecule has 0 saturated carbocycles. The Hall–Kier alpha value is -1.59. The number of rotatable bonds is 43. The number of hydrogen-bond acceptors (Lipinski definition) is 6. The van der Waals surface area contributed by atoms with Crippen LogP contribution in [-0.2, 0) is 28.6 Å². The summed E-state index contributed by atoms with van der Waals surface area (Å²) >= 11 is 0. The molecule has 0 aliphatic rings. The summed E-state index contributed by atoms with van der Waals surface area (Å²) < 4.78 is 16.7. The summed E-state index contributed by atoms with van der Waals surface area (Å²) in [5.41, 5.74) is 0. The molecule has 0 radical (unpaired) electrons. The topological polar surface area (TPSA) is 78.9 Å². The average Bonchev–Trinajstić information content (AvgIpc) is 3.15. The molecule has 0 aliphatic heterocycles. The number of unbranched alkanes of at least 4 members (excludes halogenated alkanes) is 30. The van der Waals surface area contributed by atoms with Gasteiger partial charge in [0.2, 0.25) is 0 Å². The van der Waals surface area contributed by atoms with Crippen LogP contribution in [0.3, 0.4) is 0 Å². The highest BCUT2D eigenvalue weighted by Gasteiger charge is 2.19. The smallest absolute Gasteiger partial charge is 0.306 e. The lowest BCUT2D eigenvalue weighted by atomic mass is 10.0. The van der Waals surface area contributed by atoms with Crippen molar-refractivity contribution in [3.8, 4) is 0 Å². The van der Waals surface area contributed by atoms with E-state index in [0.29, 0.717) is 19.3 Å². The summed E-state index contributed by atoms with van der Waals surface area (Å²) in [7, 11) is 0. The van der Waals surface area contributed by atoms with Crippen LogP contribution in [0.4, 0.5) is 0 Å². The van der Waals surface area contributed by atoms with Gasteiger partial charge in [-0.3, -0.25) is 14.4 Å². The summed E-state index contributed by atoms with van der Waals surface area (Å²) in [6.45, 7) is 8.98. The van der Waals surface area contributed by atoms with Crippen molar-refractivity contribution in [2.24, 2.45) is 5.92 Å². The molecule has 320 valence electrons. The second-order valence-corrected chi connectivity index (χ2v) is 16.9. The van der Waals surface area contributed by atoms with Crippen LogP contribution in [0.25, 0.3) is 0 Å². The van der Waals surface area contributed by atoms with Gasteiger partial charge in [0.25, 0.3) is 0 Å². The molecule has 0 fully saturated rings. The van der Waals surface area contributed by atoms with Crippen LogP contribution in [0.5, 0.6) is 0 Å². The van der Waals surface area contributed by atoms with Crippen molar-refractivity contribution in [3.63, 3.8) is 0 Å². The van der Waals surface area contributed by atoms with Crippen LogP contribution in [-0.4, -0.2) is 37.2 Å². The molecular formula is C48H92O6. The van der Waals surface area contributed by atoms with Gasteiger partial charge in [-0.05, 0) is 25.2 Å². The minimum atomic E-state index is -0.759. The summed E-state index contributed by atoms with van der Waals surface area (Å²) in [6.07, 6.45) is 42.3. The Morgan fingerprint density at radius 2 is 0.611 bits per heavy atom. The first-order valence-electron chi connectivity index (χ1n) is 23.9. The first-order chi connectivity index (χ1) is 26.4. The lowest BCUT2D eigenvalue weighted by molar-refractivity contribution is -0.167. The van der Waals surface area contributed by atoms with Crippen molar-refractivity contribution in [3.05, 3.63) is 0 Å². The van der Waals surface area contributed by atoms with Gasteiger partial charge in [-0.15, -0.1) is 0 Å². The van der Waals surface area contributed by atoms with E-state index in [0.717, 1.165) is 63.7 Å². The monoisotopic (exact) mass is 765 g/mol. The third kappa shape index (κ3) is 41.6. The van der Waals surface area contributed by atoms with Gasteiger partial charge in [-0.25, -0.2) is 0 Å². The number of esters is 3. The Morgan fingerprint density at radius 3 is 0.907 bits per heavy atom. The maximum absolute atomic E-state index is 12.7. The van der Waals surface area contributed by atoms with Crippen LogP contribution in [0, 0.1) is 5.92 Å². The Bertz CT molecular complexity index is 811. The second-order valence-electron chi connectivity index (χ2n) is 16.9. The third-order valence-electron chi connectivity index (χ3n) is 10.8. The molecule has 0 spiro atoms. The van der Waals surface area contributed by atoms with Crippen molar-refractivity contribution in [1.29, 1.82) is 0 Å². The average molecular weight is 765 g/mol. The third-order valence-corrected chi connectivity index (χ3v) is 10.8. The van der Waals surface area contributed by atoms with Gasteiger partial charge < -0.3 is 14.2 Å². The largest absolute Gasteiger partial charge is 0.462 e. The Kier molecular flexibility index (Phi) is 41.3. The number of hydrogen-bond donors (Lipinski definition) is 0. The normalized spacial score (nSPS) is 11.9. The van der Waals surface area contributed by atoms with Gasteiger partial charge in [0.05, 0.1) is 0 Å². The van der Waals surface area contributed by atoms with Crippen molar-refractivity contribution in [2.45, 2.75) is 271 Å². The molecule has 0 aromatic carbocycles. The fourth-order valence-corrected chi connectivity index (χ4v) is 7.16. The molecule has 0 heterocycles. The standard InChI is InChI=1S/C48H92O6/c1-5-7-9-11-13-15-16-17-18-19-25-29-33-37-41-48(51)54-45(42-52-46(49)39-35-31-27-22-14-12-10-8-6-2)43-53-47(50)40-36-32-28-24-21-20-23-26-30-34-38-44(3)4/h44-45H,5-43H2,1-4H3/t45-/m1/s1. The predicted molar refractivity (Wildman–Crippen MR) is 229 cm³/mol. The van der Waals surface area contributed by atoms with Crippen molar-refractivity contribution in [2.75, 3.05) is 13.2 Å². The van der Waals surface area contributed by atoms with Gasteiger partial charge in [0.1, 0.15) is 13.2 Å². The fraction of sp³-hybridized carbons (Fsp3) is 0.938. The molecule has 6 nitrogen and oxygen atoms in total. The molecule has 0 unspecified atom stereocenters. The highest BCUT2D eigenvalue weighted by atomic mass is 16.6.